The minimum absolute atomic E-state index is 0.0581. The molecule has 0 atom stereocenters. The van der Waals surface area contributed by atoms with Crippen LogP contribution in [0, 0.1) is 6.92 Å². The van der Waals surface area contributed by atoms with Crippen LogP contribution in [-0.4, -0.2) is 71.0 Å². The summed E-state index contributed by atoms with van der Waals surface area (Å²) < 4.78 is 28.2. The van der Waals surface area contributed by atoms with E-state index in [2.05, 4.69) is 4.98 Å². The zero-order valence-corrected chi connectivity index (χ0v) is 13.0. The van der Waals surface area contributed by atoms with Gasteiger partial charge >= 0.3 is 5.97 Å². The highest BCUT2D eigenvalue weighted by molar-refractivity contribution is 7.89. The molecule has 0 unspecified atom stereocenters. The van der Waals surface area contributed by atoms with Crippen LogP contribution in [0.25, 0.3) is 0 Å². The van der Waals surface area contributed by atoms with Crippen LogP contribution in [0.5, 0.6) is 0 Å². The molecular weight excluding hydrogens is 296 g/mol. The monoisotopic (exact) mass is 316 g/mol. The van der Waals surface area contributed by atoms with E-state index in [1.54, 1.807) is 22.6 Å². The predicted octanol–water partition coefficient (Wildman–Crippen LogP) is -0.398. The quantitative estimate of drug-likeness (QED) is 0.794. The van der Waals surface area contributed by atoms with Crippen LogP contribution in [0.1, 0.15) is 12.7 Å². The zero-order valence-electron chi connectivity index (χ0n) is 12.2. The van der Waals surface area contributed by atoms with Crippen LogP contribution in [0.2, 0.25) is 0 Å². The zero-order chi connectivity index (χ0) is 15.6. The number of carbonyl (C=O) groups is 1. The third-order valence-corrected chi connectivity index (χ3v) is 5.36. The molecule has 0 bridgehead atoms. The number of aryl methyl sites for hydroxylation is 2. The van der Waals surface area contributed by atoms with E-state index in [4.69, 9.17) is 5.11 Å². The molecule has 8 nitrogen and oxygen atoms in total. The number of carboxylic acids is 1. The normalized spacial score (nSPS) is 18.0. The number of aliphatic carboxylic acids is 1. The summed E-state index contributed by atoms with van der Waals surface area (Å²) in [5, 5.41) is 8.81. The van der Waals surface area contributed by atoms with E-state index >= 15 is 0 Å². The molecule has 0 aromatic carbocycles. The molecule has 9 heteroatoms. The SMILES string of the molecule is CCn1cc(S(=O)(=O)N2CCN(CC(=O)O)CC2)nc1C. The van der Waals surface area contributed by atoms with Gasteiger partial charge in [0.15, 0.2) is 5.03 Å². The van der Waals surface area contributed by atoms with Crippen molar-refractivity contribution >= 4 is 16.0 Å². The summed E-state index contributed by atoms with van der Waals surface area (Å²) in [7, 11) is -3.60. The van der Waals surface area contributed by atoms with Gasteiger partial charge in [-0.2, -0.15) is 4.31 Å². The average molecular weight is 316 g/mol. The van der Waals surface area contributed by atoms with Gasteiger partial charge in [0.25, 0.3) is 10.0 Å². The number of carboxylic acid groups (broad SMARTS) is 1. The van der Waals surface area contributed by atoms with Crippen LogP contribution in [0.3, 0.4) is 0 Å². The molecule has 2 rings (SSSR count). The highest BCUT2D eigenvalue weighted by Gasteiger charge is 2.31. The van der Waals surface area contributed by atoms with E-state index in [1.807, 2.05) is 6.92 Å². The summed E-state index contributed by atoms with van der Waals surface area (Å²) in [5.74, 6) is -0.232. The molecule has 0 radical (unpaired) electrons. The number of hydrogen-bond donors (Lipinski definition) is 1. The number of rotatable bonds is 5. The molecule has 1 N–H and O–H groups in total. The Kier molecular flexibility index (Phi) is 4.64. The topological polar surface area (TPSA) is 95.7 Å². The van der Waals surface area contributed by atoms with Crippen molar-refractivity contribution in [3.05, 3.63) is 12.0 Å². The first kappa shape index (κ1) is 15.9. The van der Waals surface area contributed by atoms with Crippen LogP contribution < -0.4 is 0 Å². The Hall–Kier alpha value is -1.45. The standard InChI is InChI=1S/C12H20N4O4S/c1-3-15-8-11(13-10(15)2)21(19,20)16-6-4-14(5-7-16)9-12(17)18/h8H,3-7,9H2,1-2H3,(H,17,18). The molecule has 2 heterocycles. The summed E-state index contributed by atoms with van der Waals surface area (Å²) in [6, 6.07) is 0. The molecule has 0 saturated carbocycles. The minimum Gasteiger partial charge on any atom is -0.480 e. The Bertz CT molecular complexity index is 617. The van der Waals surface area contributed by atoms with Crippen LogP contribution in [-0.2, 0) is 21.4 Å². The van der Waals surface area contributed by atoms with Crippen molar-refractivity contribution in [3.63, 3.8) is 0 Å². The summed E-state index contributed by atoms with van der Waals surface area (Å²) in [6.07, 6.45) is 1.55. The largest absolute Gasteiger partial charge is 0.480 e. The lowest BCUT2D eigenvalue weighted by Gasteiger charge is -2.32. The summed E-state index contributed by atoms with van der Waals surface area (Å²) >= 11 is 0. The Balaban J connectivity index is 2.09. The van der Waals surface area contributed by atoms with Crippen molar-refractivity contribution in [2.24, 2.45) is 0 Å². The maximum atomic E-state index is 12.5. The van der Waals surface area contributed by atoms with E-state index in [9.17, 15) is 13.2 Å². The fourth-order valence-corrected chi connectivity index (χ4v) is 3.79. The third-order valence-electron chi connectivity index (χ3n) is 3.59. The first-order chi connectivity index (χ1) is 9.84. The van der Waals surface area contributed by atoms with E-state index in [0.29, 0.717) is 25.5 Å². The maximum Gasteiger partial charge on any atom is 0.317 e. The second-order valence-electron chi connectivity index (χ2n) is 4.99. The molecule has 1 aromatic rings. The van der Waals surface area contributed by atoms with Gasteiger partial charge in [-0.05, 0) is 13.8 Å². The van der Waals surface area contributed by atoms with Crippen LogP contribution in [0.4, 0.5) is 0 Å². The number of piperazine rings is 1. The number of aromatic nitrogens is 2. The van der Waals surface area contributed by atoms with Crippen LogP contribution >= 0.6 is 0 Å². The Morgan fingerprint density at radius 1 is 1.33 bits per heavy atom. The van der Waals surface area contributed by atoms with E-state index in [-0.39, 0.29) is 24.7 Å². The summed E-state index contributed by atoms with van der Waals surface area (Å²) in [4.78, 5) is 16.5. The highest BCUT2D eigenvalue weighted by Crippen LogP contribution is 2.17. The molecule has 0 amide bonds. The lowest BCUT2D eigenvalue weighted by Crippen LogP contribution is -2.49. The van der Waals surface area contributed by atoms with Crippen molar-refractivity contribution in [2.45, 2.75) is 25.4 Å². The van der Waals surface area contributed by atoms with Crippen molar-refractivity contribution in [2.75, 3.05) is 32.7 Å². The Labute approximate surface area is 124 Å². The third kappa shape index (κ3) is 3.42. The van der Waals surface area contributed by atoms with Gasteiger partial charge < -0.3 is 9.67 Å². The second-order valence-corrected chi connectivity index (χ2v) is 6.87. The van der Waals surface area contributed by atoms with E-state index < -0.39 is 16.0 Å². The molecule has 1 saturated heterocycles. The summed E-state index contributed by atoms with van der Waals surface area (Å²) in [5.41, 5.74) is 0. The van der Waals surface area contributed by atoms with Crippen molar-refractivity contribution in [1.29, 1.82) is 0 Å². The fraction of sp³-hybridized carbons (Fsp3) is 0.667. The Morgan fingerprint density at radius 2 is 1.95 bits per heavy atom. The average Bonchev–Trinajstić information content (AvgIpc) is 2.80. The van der Waals surface area contributed by atoms with Gasteiger partial charge in [-0.3, -0.25) is 9.69 Å². The lowest BCUT2D eigenvalue weighted by atomic mass is 10.3. The smallest absolute Gasteiger partial charge is 0.317 e. The molecule has 1 aromatic heterocycles. The molecule has 1 fully saturated rings. The van der Waals surface area contributed by atoms with Crippen molar-refractivity contribution < 1.29 is 18.3 Å². The predicted molar refractivity (Wildman–Crippen MR) is 75.5 cm³/mol. The molecule has 21 heavy (non-hydrogen) atoms. The van der Waals surface area contributed by atoms with Gasteiger partial charge in [0.1, 0.15) is 5.82 Å². The highest BCUT2D eigenvalue weighted by atomic mass is 32.2. The second kappa shape index (κ2) is 6.12. The lowest BCUT2D eigenvalue weighted by molar-refractivity contribution is -0.138. The number of nitrogens with zero attached hydrogens (tertiary/aromatic N) is 4. The van der Waals surface area contributed by atoms with Crippen molar-refractivity contribution in [3.8, 4) is 0 Å². The number of imidazole rings is 1. The molecule has 0 aliphatic carbocycles. The van der Waals surface area contributed by atoms with Gasteiger partial charge in [0, 0.05) is 38.9 Å². The molecule has 118 valence electrons. The van der Waals surface area contributed by atoms with E-state index in [0.717, 1.165) is 0 Å². The van der Waals surface area contributed by atoms with Gasteiger partial charge in [0.2, 0.25) is 0 Å². The van der Waals surface area contributed by atoms with Gasteiger partial charge in [-0.1, -0.05) is 0 Å². The van der Waals surface area contributed by atoms with Crippen molar-refractivity contribution in [1.82, 2.24) is 18.8 Å². The summed E-state index contributed by atoms with van der Waals surface area (Å²) in [6.45, 7) is 5.71. The molecule has 0 spiro atoms. The van der Waals surface area contributed by atoms with Gasteiger partial charge in [0.05, 0.1) is 6.54 Å². The number of hydrogen-bond acceptors (Lipinski definition) is 5. The van der Waals surface area contributed by atoms with E-state index in [1.165, 1.54) is 4.31 Å². The number of sulfonamides is 1. The first-order valence-corrected chi connectivity index (χ1v) is 8.26. The molecular formula is C12H20N4O4S. The Morgan fingerprint density at radius 3 is 2.43 bits per heavy atom. The van der Waals surface area contributed by atoms with Crippen LogP contribution in [0.15, 0.2) is 11.2 Å². The van der Waals surface area contributed by atoms with Gasteiger partial charge in [-0.25, -0.2) is 13.4 Å². The first-order valence-electron chi connectivity index (χ1n) is 6.82. The van der Waals surface area contributed by atoms with Gasteiger partial charge in [-0.15, -0.1) is 0 Å². The molecule has 1 aliphatic rings. The minimum atomic E-state index is -3.60. The maximum absolute atomic E-state index is 12.5. The fourth-order valence-electron chi connectivity index (χ4n) is 2.38. The molecule has 1 aliphatic heterocycles.